The van der Waals surface area contributed by atoms with Crippen LogP contribution in [-0.2, 0) is 18.9 Å². The molecule has 0 bridgehead atoms. The van der Waals surface area contributed by atoms with Crippen LogP contribution in [0.5, 0.6) is 11.5 Å². The Kier molecular flexibility index (Phi) is 12.3. The molecule has 1 unspecified atom stereocenters. The molecule has 1 heterocycles. The van der Waals surface area contributed by atoms with Crippen molar-refractivity contribution in [3.8, 4) is 11.5 Å². The van der Waals surface area contributed by atoms with E-state index in [1.54, 1.807) is 28.4 Å². The Morgan fingerprint density at radius 3 is 1.90 bits per heavy atom. The quantitative estimate of drug-likeness (QED) is 0.180. The van der Waals surface area contributed by atoms with Gasteiger partial charge in [0.05, 0.1) is 40.6 Å². The van der Waals surface area contributed by atoms with E-state index in [-0.39, 0.29) is 5.92 Å². The lowest BCUT2D eigenvalue weighted by Crippen LogP contribution is -2.29. The van der Waals surface area contributed by atoms with Gasteiger partial charge in [0.1, 0.15) is 11.5 Å². The van der Waals surface area contributed by atoms with Crippen molar-refractivity contribution in [1.82, 2.24) is 0 Å². The second kappa shape index (κ2) is 16.4. The second-order valence-corrected chi connectivity index (χ2v) is 10.3. The molecule has 3 aromatic rings. The lowest BCUT2D eigenvalue weighted by atomic mass is 9.77. The van der Waals surface area contributed by atoms with Crippen molar-refractivity contribution < 1.29 is 28.4 Å². The number of benzene rings is 3. The summed E-state index contributed by atoms with van der Waals surface area (Å²) >= 11 is 0. The number of aryl methyl sites for hydroxylation is 1. The Labute approximate surface area is 250 Å². The molecule has 0 aromatic heterocycles. The Bertz CT molecular complexity index is 1250. The van der Waals surface area contributed by atoms with E-state index in [9.17, 15) is 0 Å². The summed E-state index contributed by atoms with van der Waals surface area (Å²) in [6.07, 6.45) is 1.76. The van der Waals surface area contributed by atoms with Gasteiger partial charge in [-0.15, -0.1) is 0 Å². The fraction of sp³-hybridized carbons (Fsp3) is 0.471. The maximum Gasteiger partial charge on any atom is 0.125 e. The van der Waals surface area contributed by atoms with E-state index in [1.807, 2.05) is 12.1 Å². The molecule has 42 heavy (non-hydrogen) atoms. The monoisotopic (exact) mass is 578 g/mol. The van der Waals surface area contributed by atoms with E-state index in [0.29, 0.717) is 39.6 Å². The Morgan fingerprint density at radius 1 is 0.643 bits per heavy atom. The van der Waals surface area contributed by atoms with Gasteiger partial charge in [-0.25, -0.2) is 0 Å². The van der Waals surface area contributed by atoms with Crippen LogP contribution in [-0.4, -0.2) is 81.2 Å². The van der Waals surface area contributed by atoms with E-state index in [0.717, 1.165) is 59.9 Å². The minimum atomic E-state index is -0.0989. The molecule has 0 saturated carbocycles. The number of fused-ring (bicyclic) bond motifs is 2. The molecule has 4 rings (SSSR count). The van der Waals surface area contributed by atoms with Gasteiger partial charge in [-0.05, 0) is 61.2 Å². The average molecular weight is 579 g/mol. The Morgan fingerprint density at radius 2 is 1.24 bits per heavy atom. The summed E-state index contributed by atoms with van der Waals surface area (Å²) in [5.41, 5.74) is 8.09. The van der Waals surface area contributed by atoms with Crippen molar-refractivity contribution in [2.75, 3.05) is 91.4 Å². The van der Waals surface area contributed by atoms with Crippen LogP contribution < -0.4 is 19.7 Å². The van der Waals surface area contributed by atoms with Crippen LogP contribution in [0.15, 0.2) is 54.6 Å². The molecule has 0 aliphatic carbocycles. The van der Waals surface area contributed by atoms with E-state index in [4.69, 9.17) is 28.4 Å². The smallest absolute Gasteiger partial charge is 0.125 e. The molecule has 0 radical (unpaired) electrons. The van der Waals surface area contributed by atoms with Crippen LogP contribution in [0.3, 0.4) is 0 Å². The minimum Gasteiger partial charge on any atom is -0.496 e. The summed E-state index contributed by atoms with van der Waals surface area (Å²) in [6.45, 7) is 7.52. The molecule has 1 aliphatic heterocycles. The fourth-order valence-corrected chi connectivity index (χ4v) is 5.70. The summed E-state index contributed by atoms with van der Waals surface area (Å²) in [5, 5.41) is 3.69. The van der Waals surface area contributed by atoms with Gasteiger partial charge in [-0.2, -0.15) is 0 Å². The lowest BCUT2D eigenvalue weighted by Gasteiger charge is -2.40. The largest absolute Gasteiger partial charge is 0.496 e. The van der Waals surface area contributed by atoms with Crippen molar-refractivity contribution in [2.24, 2.45) is 0 Å². The van der Waals surface area contributed by atoms with Crippen LogP contribution in [0.2, 0.25) is 0 Å². The summed E-state index contributed by atoms with van der Waals surface area (Å²) in [7, 11) is 6.87. The van der Waals surface area contributed by atoms with E-state index in [2.05, 4.69) is 59.6 Å². The number of ether oxygens (including phenoxy) is 6. The van der Waals surface area contributed by atoms with Gasteiger partial charge in [0.15, 0.2) is 0 Å². The zero-order chi connectivity index (χ0) is 29.7. The highest BCUT2D eigenvalue weighted by atomic mass is 16.5. The summed E-state index contributed by atoms with van der Waals surface area (Å²) in [5.74, 6) is 1.60. The molecule has 228 valence electrons. The maximum absolute atomic E-state index is 6.04. The molecule has 0 fully saturated rings. The lowest BCUT2D eigenvalue weighted by molar-refractivity contribution is 0.0702. The Hall–Kier alpha value is -3.30. The van der Waals surface area contributed by atoms with Gasteiger partial charge >= 0.3 is 0 Å². The number of nitrogens with zero attached hydrogens (tertiary/aromatic N) is 1. The van der Waals surface area contributed by atoms with E-state index >= 15 is 0 Å². The fourth-order valence-electron chi connectivity index (χ4n) is 5.70. The van der Waals surface area contributed by atoms with E-state index in [1.165, 1.54) is 16.8 Å². The third-order valence-electron chi connectivity index (χ3n) is 7.61. The number of methoxy groups -OCH3 is 4. The van der Waals surface area contributed by atoms with Crippen LogP contribution >= 0.6 is 0 Å². The first-order chi connectivity index (χ1) is 20.7. The first-order valence-corrected chi connectivity index (χ1v) is 14.7. The van der Waals surface area contributed by atoms with Crippen molar-refractivity contribution in [3.63, 3.8) is 0 Å². The van der Waals surface area contributed by atoms with Crippen LogP contribution in [0.4, 0.5) is 17.1 Å². The van der Waals surface area contributed by atoms with Gasteiger partial charge < -0.3 is 38.6 Å². The molecule has 0 spiro atoms. The van der Waals surface area contributed by atoms with Gasteiger partial charge in [0.25, 0.3) is 0 Å². The highest BCUT2D eigenvalue weighted by Crippen LogP contribution is 2.55. The van der Waals surface area contributed by atoms with Crippen LogP contribution in [0, 0.1) is 6.92 Å². The molecule has 1 atom stereocenters. The predicted molar refractivity (Wildman–Crippen MR) is 168 cm³/mol. The molecule has 1 N–H and O–H groups in total. The van der Waals surface area contributed by atoms with Crippen molar-refractivity contribution in [3.05, 3.63) is 76.9 Å². The molecular weight excluding hydrogens is 532 g/mol. The standard InChI is InChI=1S/C34H46N2O6/c1-25-11-6-13-27-31(25)34(32-26(12-7-15-29(32)39-4)35-17-9-19-41-23-21-37-2)33-28(14-8-16-30(33)40-5)36(27)18-10-20-42-24-22-38-3/h6-8,11-16,34-35H,9-10,17-24H2,1-5H3. The summed E-state index contributed by atoms with van der Waals surface area (Å²) in [6, 6.07) is 19.1. The zero-order valence-electron chi connectivity index (χ0n) is 25.7. The SMILES string of the molecule is COCCOCCCNc1cccc(OC)c1C1c2c(C)cccc2N(CCCOCCOC)c2cccc(OC)c21. The topological polar surface area (TPSA) is 70.7 Å². The minimum absolute atomic E-state index is 0.0989. The molecule has 8 heteroatoms. The first-order valence-electron chi connectivity index (χ1n) is 14.7. The average Bonchev–Trinajstić information content (AvgIpc) is 3.01. The van der Waals surface area contributed by atoms with Crippen LogP contribution in [0.25, 0.3) is 0 Å². The summed E-state index contributed by atoms with van der Waals surface area (Å²) < 4.78 is 33.8. The predicted octanol–water partition coefficient (Wildman–Crippen LogP) is 6.16. The number of hydrogen-bond acceptors (Lipinski definition) is 8. The number of anilines is 3. The van der Waals surface area contributed by atoms with Gasteiger partial charge in [-0.3, -0.25) is 0 Å². The molecular formula is C34H46N2O6. The molecule has 8 nitrogen and oxygen atoms in total. The molecule has 0 saturated heterocycles. The molecule has 3 aromatic carbocycles. The van der Waals surface area contributed by atoms with E-state index < -0.39 is 0 Å². The zero-order valence-corrected chi connectivity index (χ0v) is 25.7. The molecule has 1 aliphatic rings. The number of nitrogens with one attached hydrogen (secondary N) is 1. The number of hydrogen-bond donors (Lipinski definition) is 1. The Balaban J connectivity index is 1.74. The number of rotatable bonds is 18. The normalized spacial score (nSPS) is 13.9. The second-order valence-electron chi connectivity index (χ2n) is 10.3. The van der Waals surface area contributed by atoms with Crippen molar-refractivity contribution >= 4 is 17.1 Å². The van der Waals surface area contributed by atoms with Crippen LogP contribution in [0.1, 0.15) is 41.0 Å². The van der Waals surface area contributed by atoms with Gasteiger partial charge in [0, 0.05) is 74.6 Å². The third kappa shape index (κ3) is 7.36. The summed E-state index contributed by atoms with van der Waals surface area (Å²) in [4.78, 5) is 2.41. The highest BCUT2D eigenvalue weighted by Gasteiger charge is 2.37. The first kappa shape index (κ1) is 31.6. The van der Waals surface area contributed by atoms with Gasteiger partial charge in [0.2, 0.25) is 0 Å². The highest BCUT2D eigenvalue weighted by molar-refractivity contribution is 5.83. The molecule has 0 amide bonds. The van der Waals surface area contributed by atoms with Crippen molar-refractivity contribution in [1.29, 1.82) is 0 Å². The maximum atomic E-state index is 6.04. The third-order valence-corrected chi connectivity index (χ3v) is 7.61. The van der Waals surface area contributed by atoms with Gasteiger partial charge in [-0.1, -0.05) is 24.3 Å². The van der Waals surface area contributed by atoms with Crippen molar-refractivity contribution in [2.45, 2.75) is 25.7 Å².